The smallest absolute Gasteiger partial charge is 0.241 e. The van der Waals surface area contributed by atoms with E-state index in [1.807, 2.05) is 23.5 Å². The average molecular weight is 288 g/mol. The highest BCUT2D eigenvalue weighted by atomic mass is 32.2. The van der Waals surface area contributed by atoms with E-state index in [2.05, 4.69) is 31.0 Å². The van der Waals surface area contributed by atoms with Crippen LogP contribution < -0.4 is 5.32 Å². The summed E-state index contributed by atoms with van der Waals surface area (Å²) in [5.41, 5.74) is 0. The number of nitrogens with zero attached hydrogens (tertiary/aromatic N) is 1. The minimum atomic E-state index is 0.0404. The third-order valence-electron chi connectivity index (χ3n) is 3.61. The number of amides is 1. The molecule has 18 heavy (non-hydrogen) atoms. The first-order valence-electron chi connectivity index (χ1n) is 6.89. The Morgan fingerprint density at radius 1 is 1.44 bits per heavy atom. The van der Waals surface area contributed by atoms with Crippen LogP contribution in [0.15, 0.2) is 0 Å². The average Bonchev–Trinajstić information content (AvgIpc) is 2.68. The minimum absolute atomic E-state index is 0.0404. The molecule has 0 aromatic rings. The van der Waals surface area contributed by atoms with Crippen LogP contribution in [0.25, 0.3) is 0 Å². The summed E-state index contributed by atoms with van der Waals surface area (Å²) in [7, 11) is 0. The standard InChI is InChI=1S/C13H24N2OS2/c1-4-11-13(16)15(12(14-11)9(2)3)7-10-8-17-5-6-18-10/h9-12,14H,4-8H2,1-3H3. The third-order valence-corrected chi connectivity index (χ3v) is 6.44. The number of nitrogens with one attached hydrogen (secondary N) is 1. The molecule has 5 heteroatoms. The van der Waals surface area contributed by atoms with E-state index in [0.29, 0.717) is 17.1 Å². The summed E-state index contributed by atoms with van der Waals surface area (Å²) in [4.78, 5) is 14.5. The number of hydrogen-bond donors (Lipinski definition) is 1. The molecular weight excluding hydrogens is 264 g/mol. The first-order valence-corrected chi connectivity index (χ1v) is 9.09. The monoisotopic (exact) mass is 288 g/mol. The van der Waals surface area contributed by atoms with Crippen molar-refractivity contribution < 1.29 is 4.79 Å². The molecule has 2 saturated heterocycles. The van der Waals surface area contributed by atoms with Crippen LogP contribution >= 0.6 is 23.5 Å². The summed E-state index contributed by atoms with van der Waals surface area (Å²) >= 11 is 4.06. The molecule has 0 aromatic carbocycles. The van der Waals surface area contributed by atoms with Crippen molar-refractivity contribution in [1.29, 1.82) is 0 Å². The molecule has 2 heterocycles. The fraction of sp³-hybridized carbons (Fsp3) is 0.923. The Labute approximate surface area is 119 Å². The zero-order valence-corrected chi connectivity index (χ0v) is 13.1. The van der Waals surface area contributed by atoms with E-state index in [9.17, 15) is 4.79 Å². The maximum atomic E-state index is 12.4. The Bertz CT molecular complexity index is 293. The second-order valence-corrected chi connectivity index (χ2v) is 7.93. The van der Waals surface area contributed by atoms with Crippen molar-refractivity contribution >= 4 is 29.4 Å². The van der Waals surface area contributed by atoms with Crippen molar-refractivity contribution in [2.24, 2.45) is 5.92 Å². The molecule has 0 saturated carbocycles. The van der Waals surface area contributed by atoms with Crippen LogP contribution in [0.1, 0.15) is 27.2 Å². The first-order chi connectivity index (χ1) is 8.63. The van der Waals surface area contributed by atoms with Crippen LogP contribution in [-0.2, 0) is 4.79 Å². The van der Waals surface area contributed by atoms with Gasteiger partial charge >= 0.3 is 0 Å². The topological polar surface area (TPSA) is 32.3 Å². The lowest BCUT2D eigenvalue weighted by Crippen LogP contribution is -2.45. The number of carbonyl (C=O) groups is 1. The highest BCUT2D eigenvalue weighted by molar-refractivity contribution is 8.06. The van der Waals surface area contributed by atoms with Gasteiger partial charge in [-0.15, -0.1) is 0 Å². The molecule has 0 aromatic heterocycles. The van der Waals surface area contributed by atoms with Gasteiger partial charge in [-0.05, 0) is 12.3 Å². The summed E-state index contributed by atoms with van der Waals surface area (Å²) in [6, 6.07) is 0.0404. The van der Waals surface area contributed by atoms with Crippen LogP contribution in [-0.4, -0.2) is 52.1 Å². The zero-order valence-electron chi connectivity index (χ0n) is 11.5. The fourth-order valence-corrected chi connectivity index (χ4v) is 5.28. The molecule has 2 fully saturated rings. The van der Waals surface area contributed by atoms with Crippen molar-refractivity contribution in [1.82, 2.24) is 10.2 Å². The number of carbonyl (C=O) groups excluding carboxylic acids is 1. The quantitative estimate of drug-likeness (QED) is 0.858. The van der Waals surface area contributed by atoms with Gasteiger partial charge in [-0.3, -0.25) is 10.1 Å². The largest absolute Gasteiger partial charge is 0.324 e. The summed E-state index contributed by atoms with van der Waals surface area (Å²) in [5.74, 6) is 4.47. The second-order valence-electron chi connectivity index (χ2n) is 5.37. The van der Waals surface area contributed by atoms with Crippen LogP contribution in [0.3, 0.4) is 0 Å². The molecule has 0 aliphatic carbocycles. The van der Waals surface area contributed by atoms with Gasteiger partial charge in [-0.1, -0.05) is 20.8 Å². The normalized spacial score (nSPS) is 33.4. The molecule has 3 nitrogen and oxygen atoms in total. The van der Waals surface area contributed by atoms with Crippen LogP contribution in [0, 0.1) is 5.92 Å². The Morgan fingerprint density at radius 2 is 2.22 bits per heavy atom. The minimum Gasteiger partial charge on any atom is -0.324 e. The Kier molecular flexibility index (Phi) is 5.27. The maximum absolute atomic E-state index is 12.4. The predicted molar refractivity (Wildman–Crippen MR) is 81.1 cm³/mol. The molecule has 1 N–H and O–H groups in total. The van der Waals surface area contributed by atoms with E-state index in [4.69, 9.17) is 0 Å². The van der Waals surface area contributed by atoms with Gasteiger partial charge < -0.3 is 4.90 Å². The highest BCUT2D eigenvalue weighted by Crippen LogP contribution is 2.27. The maximum Gasteiger partial charge on any atom is 0.241 e. The van der Waals surface area contributed by atoms with E-state index < -0.39 is 0 Å². The Morgan fingerprint density at radius 3 is 2.78 bits per heavy atom. The van der Waals surface area contributed by atoms with Crippen molar-refractivity contribution in [3.05, 3.63) is 0 Å². The molecule has 3 unspecified atom stereocenters. The summed E-state index contributed by atoms with van der Waals surface area (Å²) in [5, 5.41) is 4.11. The predicted octanol–water partition coefficient (Wildman–Crippen LogP) is 2.03. The van der Waals surface area contributed by atoms with Gasteiger partial charge in [0.15, 0.2) is 0 Å². The molecule has 2 rings (SSSR count). The first kappa shape index (κ1) is 14.5. The molecule has 2 aliphatic rings. The van der Waals surface area contributed by atoms with Crippen molar-refractivity contribution in [3.63, 3.8) is 0 Å². The van der Waals surface area contributed by atoms with Gasteiger partial charge in [0.2, 0.25) is 5.91 Å². The van der Waals surface area contributed by atoms with E-state index in [1.165, 1.54) is 17.3 Å². The summed E-state index contributed by atoms with van der Waals surface area (Å²) in [6.45, 7) is 7.39. The van der Waals surface area contributed by atoms with Gasteiger partial charge in [-0.2, -0.15) is 23.5 Å². The number of rotatable bonds is 4. The second kappa shape index (κ2) is 6.53. The molecule has 2 aliphatic heterocycles. The van der Waals surface area contributed by atoms with Gasteiger partial charge in [0.1, 0.15) is 0 Å². The van der Waals surface area contributed by atoms with E-state index in [0.717, 1.165) is 13.0 Å². The fourth-order valence-electron chi connectivity index (χ4n) is 2.61. The third kappa shape index (κ3) is 3.17. The van der Waals surface area contributed by atoms with Crippen LogP contribution in [0.4, 0.5) is 0 Å². The summed E-state index contributed by atoms with van der Waals surface area (Å²) in [6.07, 6.45) is 1.13. The molecule has 0 radical (unpaired) electrons. The molecule has 1 amide bonds. The molecule has 3 atom stereocenters. The van der Waals surface area contributed by atoms with Gasteiger partial charge in [0, 0.05) is 29.1 Å². The van der Waals surface area contributed by atoms with Crippen LogP contribution in [0.5, 0.6) is 0 Å². The van der Waals surface area contributed by atoms with Gasteiger partial charge in [0.25, 0.3) is 0 Å². The van der Waals surface area contributed by atoms with Crippen molar-refractivity contribution in [2.45, 2.75) is 44.6 Å². The lowest BCUT2D eigenvalue weighted by Gasteiger charge is -2.31. The van der Waals surface area contributed by atoms with E-state index in [1.54, 1.807) is 0 Å². The van der Waals surface area contributed by atoms with E-state index in [-0.39, 0.29) is 12.2 Å². The van der Waals surface area contributed by atoms with Gasteiger partial charge in [-0.25, -0.2) is 0 Å². The molecule has 0 bridgehead atoms. The Hall–Kier alpha value is 0.130. The molecule has 0 spiro atoms. The number of thioether (sulfide) groups is 2. The zero-order chi connectivity index (χ0) is 13.1. The summed E-state index contributed by atoms with van der Waals surface area (Å²) < 4.78 is 0. The molecular formula is C13H24N2OS2. The van der Waals surface area contributed by atoms with Crippen LogP contribution in [0.2, 0.25) is 0 Å². The van der Waals surface area contributed by atoms with Gasteiger partial charge in [0.05, 0.1) is 12.2 Å². The van der Waals surface area contributed by atoms with Crippen molar-refractivity contribution in [3.8, 4) is 0 Å². The highest BCUT2D eigenvalue weighted by Gasteiger charge is 2.40. The SMILES string of the molecule is CCC1NC(C(C)C)N(CC2CSCCS2)C1=O. The molecule has 104 valence electrons. The Balaban J connectivity index is 2.00. The lowest BCUT2D eigenvalue weighted by molar-refractivity contribution is -0.130. The number of hydrogen-bond acceptors (Lipinski definition) is 4. The van der Waals surface area contributed by atoms with Crippen molar-refractivity contribution in [2.75, 3.05) is 23.8 Å². The lowest BCUT2D eigenvalue weighted by atomic mass is 10.1. The van der Waals surface area contributed by atoms with E-state index >= 15 is 0 Å².